The molecular weight excluding hydrogens is 455 g/mol. The van der Waals surface area contributed by atoms with Crippen molar-refractivity contribution in [3.8, 4) is 5.75 Å². The SMILES string of the molecule is CCNC(=NCC(c1cccc(OC)c1)N(C)C)N(C)CC1CCOC1.I. The minimum Gasteiger partial charge on any atom is -0.497 e. The lowest BCUT2D eigenvalue weighted by molar-refractivity contribution is 0.181. The maximum absolute atomic E-state index is 5.50. The van der Waals surface area contributed by atoms with Crippen LogP contribution >= 0.6 is 24.0 Å². The Hall–Kier alpha value is -1.06. The van der Waals surface area contributed by atoms with Crippen LogP contribution in [0.3, 0.4) is 0 Å². The molecule has 0 aromatic heterocycles. The largest absolute Gasteiger partial charge is 0.497 e. The molecular formula is C20H35IN4O2. The molecule has 6 nitrogen and oxygen atoms in total. The van der Waals surface area contributed by atoms with Crippen LogP contribution in [0.2, 0.25) is 0 Å². The Bertz CT molecular complexity index is 577. The minimum atomic E-state index is 0. The summed E-state index contributed by atoms with van der Waals surface area (Å²) < 4.78 is 10.9. The van der Waals surface area contributed by atoms with E-state index in [1.807, 2.05) is 12.1 Å². The van der Waals surface area contributed by atoms with Gasteiger partial charge in [-0.2, -0.15) is 0 Å². The van der Waals surface area contributed by atoms with E-state index in [2.05, 4.69) is 55.3 Å². The van der Waals surface area contributed by atoms with E-state index in [-0.39, 0.29) is 30.0 Å². The van der Waals surface area contributed by atoms with Gasteiger partial charge in [0.05, 0.1) is 26.3 Å². The molecule has 0 spiro atoms. The molecule has 1 heterocycles. The first-order chi connectivity index (χ1) is 12.5. The highest BCUT2D eigenvalue weighted by atomic mass is 127. The molecule has 1 aliphatic heterocycles. The quantitative estimate of drug-likeness (QED) is 0.345. The van der Waals surface area contributed by atoms with Crippen LogP contribution in [-0.4, -0.2) is 76.9 Å². The molecule has 2 atom stereocenters. The van der Waals surface area contributed by atoms with E-state index >= 15 is 0 Å². The van der Waals surface area contributed by atoms with Gasteiger partial charge in [0.1, 0.15) is 5.75 Å². The zero-order valence-electron chi connectivity index (χ0n) is 17.3. The molecule has 27 heavy (non-hydrogen) atoms. The highest BCUT2D eigenvalue weighted by Gasteiger charge is 2.20. The molecule has 1 aliphatic rings. The summed E-state index contributed by atoms with van der Waals surface area (Å²) in [5, 5.41) is 3.42. The van der Waals surface area contributed by atoms with E-state index < -0.39 is 0 Å². The lowest BCUT2D eigenvalue weighted by atomic mass is 10.1. The summed E-state index contributed by atoms with van der Waals surface area (Å²) in [6, 6.07) is 8.43. The fraction of sp³-hybridized carbons (Fsp3) is 0.650. The Kier molecular flexibility index (Phi) is 11.0. The molecule has 0 aliphatic carbocycles. The van der Waals surface area contributed by atoms with Crippen molar-refractivity contribution in [2.45, 2.75) is 19.4 Å². The van der Waals surface area contributed by atoms with Crippen LogP contribution in [0.1, 0.15) is 24.9 Å². The highest BCUT2D eigenvalue weighted by Crippen LogP contribution is 2.23. The van der Waals surface area contributed by atoms with Crippen molar-refractivity contribution in [3.05, 3.63) is 29.8 Å². The lowest BCUT2D eigenvalue weighted by Gasteiger charge is -2.27. The first-order valence-corrected chi connectivity index (χ1v) is 9.42. The van der Waals surface area contributed by atoms with Crippen molar-refractivity contribution in [2.24, 2.45) is 10.9 Å². The molecule has 0 bridgehead atoms. The van der Waals surface area contributed by atoms with Crippen LogP contribution in [0.5, 0.6) is 5.75 Å². The lowest BCUT2D eigenvalue weighted by Crippen LogP contribution is -2.42. The van der Waals surface area contributed by atoms with Crippen LogP contribution in [0.25, 0.3) is 0 Å². The molecule has 0 radical (unpaired) electrons. The van der Waals surface area contributed by atoms with Crippen molar-refractivity contribution in [3.63, 3.8) is 0 Å². The smallest absolute Gasteiger partial charge is 0.193 e. The number of hydrogen-bond acceptors (Lipinski definition) is 4. The van der Waals surface area contributed by atoms with Gasteiger partial charge in [-0.15, -0.1) is 24.0 Å². The van der Waals surface area contributed by atoms with E-state index in [1.54, 1.807) is 7.11 Å². The Balaban J connectivity index is 0.00000364. The second kappa shape index (κ2) is 12.4. The third kappa shape index (κ3) is 7.46. The van der Waals surface area contributed by atoms with Gasteiger partial charge in [-0.25, -0.2) is 0 Å². The van der Waals surface area contributed by atoms with Gasteiger partial charge in [0.15, 0.2) is 5.96 Å². The summed E-state index contributed by atoms with van der Waals surface area (Å²) in [4.78, 5) is 9.34. The monoisotopic (exact) mass is 490 g/mol. The zero-order chi connectivity index (χ0) is 18.9. The van der Waals surface area contributed by atoms with Gasteiger partial charge in [0.2, 0.25) is 0 Å². The van der Waals surface area contributed by atoms with Gasteiger partial charge in [-0.1, -0.05) is 12.1 Å². The highest BCUT2D eigenvalue weighted by molar-refractivity contribution is 14.0. The maximum Gasteiger partial charge on any atom is 0.193 e. The fourth-order valence-corrected chi connectivity index (χ4v) is 3.26. The molecule has 1 N–H and O–H groups in total. The van der Waals surface area contributed by atoms with Crippen LogP contribution < -0.4 is 10.1 Å². The van der Waals surface area contributed by atoms with Gasteiger partial charge in [-0.3, -0.25) is 4.99 Å². The molecule has 154 valence electrons. The third-order valence-electron chi connectivity index (χ3n) is 4.77. The van der Waals surface area contributed by atoms with Crippen molar-refractivity contribution in [1.82, 2.24) is 15.1 Å². The molecule has 0 saturated carbocycles. The normalized spacial score (nSPS) is 18.1. The first-order valence-electron chi connectivity index (χ1n) is 9.42. The Morgan fingerprint density at radius 2 is 2.15 bits per heavy atom. The predicted octanol–water partition coefficient (Wildman–Crippen LogP) is 2.85. The number of hydrogen-bond donors (Lipinski definition) is 1. The van der Waals surface area contributed by atoms with Crippen molar-refractivity contribution in [2.75, 3.05) is 61.1 Å². The molecule has 1 aromatic carbocycles. The van der Waals surface area contributed by atoms with Crippen LogP contribution in [0, 0.1) is 5.92 Å². The second-order valence-electron chi connectivity index (χ2n) is 7.06. The van der Waals surface area contributed by atoms with Gasteiger partial charge in [0, 0.05) is 32.7 Å². The fourth-order valence-electron chi connectivity index (χ4n) is 3.26. The minimum absolute atomic E-state index is 0. The van der Waals surface area contributed by atoms with E-state index in [0.29, 0.717) is 12.5 Å². The zero-order valence-corrected chi connectivity index (χ0v) is 19.6. The number of benzene rings is 1. The van der Waals surface area contributed by atoms with Crippen molar-refractivity contribution >= 4 is 29.9 Å². The molecule has 2 rings (SSSR count). The number of nitrogens with one attached hydrogen (secondary N) is 1. The van der Waals surface area contributed by atoms with Crippen LogP contribution in [0.4, 0.5) is 0 Å². The van der Waals surface area contributed by atoms with Crippen LogP contribution in [-0.2, 0) is 4.74 Å². The van der Waals surface area contributed by atoms with Gasteiger partial charge in [-0.05, 0) is 45.1 Å². The molecule has 7 heteroatoms. The standard InChI is InChI=1S/C20H34N4O2.HI/c1-6-21-20(24(4)14-16-10-11-26-15-16)22-13-19(23(2)3)17-8-7-9-18(12-17)25-5;/h7-9,12,16,19H,6,10-11,13-15H2,1-5H3,(H,21,22);1H. The number of methoxy groups -OCH3 is 1. The molecule has 1 saturated heterocycles. The van der Waals surface area contributed by atoms with Gasteiger partial charge < -0.3 is 24.6 Å². The summed E-state index contributed by atoms with van der Waals surface area (Å²) in [6.45, 7) is 6.36. The summed E-state index contributed by atoms with van der Waals surface area (Å²) in [6.07, 6.45) is 1.13. The second-order valence-corrected chi connectivity index (χ2v) is 7.06. The molecule has 2 unspecified atom stereocenters. The number of nitrogens with zero attached hydrogens (tertiary/aromatic N) is 3. The number of guanidine groups is 1. The van der Waals surface area contributed by atoms with Gasteiger partial charge in [0.25, 0.3) is 0 Å². The van der Waals surface area contributed by atoms with Crippen molar-refractivity contribution < 1.29 is 9.47 Å². The molecule has 1 fully saturated rings. The van der Waals surface area contributed by atoms with E-state index in [0.717, 1.165) is 44.4 Å². The van der Waals surface area contributed by atoms with Crippen LogP contribution in [0.15, 0.2) is 29.3 Å². The molecule has 1 aromatic rings. The maximum atomic E-state index is 5.50. The summed E-state index contributed by atoms with van der Waals surface area (Å²) in [7, 11) is 7.99. The Labute approximate surface area is 181 Å². The van der Waals surface area contributed by atoms with E-state index in [9.17, 15) is 0 Å². The number of aliphatic imine (C=N–C) groups is 1. The first kappa shape index (κ1) is 24.0. The third-order valence-corrected chi connectivity index (χ3v) is 4.77. The van der Waals surface area contributed by atoms with E-state index in [1.165, 1.54) is 5.56 Å². The molecule has 0 amide bonds. The number of likely N-dealkylation sites (N-methyl/N-ethyl adjacent to an activating group) is 1. The number of ether oxygens (including phenoxy) is 2. The summed E-state index contributed by atoms with van der Waals surface area (Å²) >= 11 is 0. The average Bonchev–Trinajstić information content (AvgIpc) is 3.13. The topological polar surface area (TPSA) is 49.3 Å². The summed E-state index contributed by atoms with van der Waals surface area (Å²) in [5.74, 6) is 2.42. The Morgan fingerprint density at radius 1 is 1.37 bits per heavy atom. The predicted molar refractivity (Wildman–Crippen MR) is 122 cm³/mol. The Morgan fingerprint density at radius 3 is 2.74 bits per heavy atom. The number of rotatable bonds is 8. The number of halogens is 1. The van der Waals surface area contributed by atoms with E-state index in [4.69, 9.17) is 14.5 Å². The summed E-state index contributed by atoms with van der Waals surface area (Å²) in [5.41, 5.74) is 1.21. The van der Waals surface area contributed by atoms with Gasteiger partial charge >= 0.3 is 0 Å². The average molecular weight is 490 g/mol. The van der Waals surface area contributed by atoms with Crippen molar-refractivity contribution in [1.29, 1.82) is 0 Å².